The summed E-state index contributed by atoms with van der Waals surface area (Å²) >= 11 is 1.18. The van der Waals surface area contributed by atoms with Crippen LogP contribution in [0.4, 0.5) is 19.0 Å². The molecule has 2 heterocycles. The standard InChI is InChI=1S/C17H16F3N3OS/c1-10-7-13-14(22-16(17(18,19)20)23-15(13)25-10)21-9-12(24)8-11-5-3-2-4-6-11/h2-7,12,24H,8-9H2,1H3,(H,21,22,23). The quantitative estimate of drug-likeness (QED) is 0.715. The summed E-state index contributed by atoms with van der Waals surface area (Å²) < 4.78 is 39.0. The molecule has 1 aromatic carbocycles. The number of alkyl halides is 3. The van der Waals surface area contributed by atoms with Crippen molar-refractivity contribution in [1.82, 2.24) is 9.97 Å². The van der Waals surface area contributed by atoms with Crippen molar-refractivity contribution >= 4 is 27.4 Å². The van der Waals surface area contributed by atoms with Crippen LogP contribution in [0.1, 0.15) is 16.3 Å². The molecule has 0 saturated carbocycles. The minimum absolute atomic E-state index is 0.0905. The summed E-state index contributed by atoms with van der Waals surface area (Å²) in [5.41, 5.74) is 0.951. The minimum atomic E-state index is -4.62. The number of aliphatic hydroxyl groups is 1. The van der Waals surface area contributed by atoms with E-state index in [4.69, 9.17) is 0 Å². The molecule has 0 fully saturated rings. The lowest BCUT2D eigenvalue weighted by Gasteiger charge is -2.14. The fourth-order valence-electron chi connectivity index (χ4n) is 2.48. The van der Waals surface area contributed by atoms with Crippen LogP contribution < -0.4 is 5.32 Å². The van der Waals surface area contributed by atoms with Crippen LogP contribution in [0.3, 0.4) is 0 Å². The number of benzene rings is 1. The Balaban J connectivity index is 1.80. The highest BCUT2D eigenvalue weighted by Crippen LogP contribution is 2.33. The molecule has 132 valence electrons. The zero-order valence-corrected chi connectivity index (χ0v) is 14.2. The van der Waals surface area contributed by atoms with Crippen molar-refractivity contribution in [3.8, 4) is 0 Å². The van der Waals surface area contributed by atoms with Gasteiger partial charge in [-0.2, -0.15) is 13.2 Å². The second kappa shape index (κ2) is 6.97. The summed E-state index contributed by atoms with van der Waals surface area (Å²) in [5.74, 6) is -1.09. The monoisotopic (exact) mass is 367 g/mol. The van der Waals surface area contributed by atoms with Gasteiger partial charge in [0.15, 0.2) is 0 Å². The topological polar surface area (TPSA) is 58.0 Å². The zero-order chi connectivity index (χ0) is 18.0. The summed E-state index contributed by atoms with van der Waals surface area (Å²) in [4.78, 5) is 8.34. The van der Waals surface area contributed by atoms with Crippen LogP contribution in [0.25, 0.3) is 10.2 Å². The van der Waals surface area contributed by atoms with E-state index in [1.165, 1.54) is 11.3 Å². The van der Waals surface area contributed by atoms with Crippen LogP contribution in [0.5, 0.6) is 0 Å². The van der Waals surface area contributed by atoms with Crippen molar-refractivity contribution in [2.24, 2.45) is 0 Å². The van der Waals surface area contributed by atoms with E-state index in [-0.39, 0.29) is 17.2 Å². The first kappa shape index (κ1) is 17.6. The van der Waals surface area contributed by atoms with E-state index >= 15 is 0 Å². The maximum absolute atomic E-state index is 13.0. The van der Waals surface area contributed by atoms with E-state index in [1.54, 1.807) is 13.0 Å². The third-order valence-corrected chi connectivity index (χ3v) is 4.53. The molecule has 4 nitrogen and oxygen atoms in total. The normalized spacial score (nSPS) is 13.2. The van der Waals surface area contributed by atoms with E-state index in [9.17, 15) is 18.3 Å². The smallest absolute Gasteiger partial charge is 0.391 e. The van der Waals surface area contributed by atoms with Gasteiger partial charge < -0.3 is 10.4 Å². The van der Waals surface area contributed by atoms with Crippen LogP contribution in [-0.4, -0.2) is 27.7 Å². The average molecular weight is 367 g/mol. The summed E-state index contributed by atoms with van der Waals surface area (Å²) in [6.07, 6.45) is -4.97. The van der Waals surface area contributed by atoms with Crippen LogP contribution in [-0.2, 0) is 12.6 Å². The van der Waals surface area contributed by atoms with Gasteiger partial charge in [0.1, 0.15) is 10.6 Å². The average Bonchev–Trinajstić information content (AvgIpc) is 2.93. The van der Waals surface area contributed by atoms with E-state index in [0.717, 1.165) is 10.4 Å². The lowest BCUT2D eigenvalue weighted by atomic mass is 10.1. The number of fused-ring (bicyclic) bond motifs is 1. The lowest BCUT2D eigenvalue weighted by molar-refractivity contribution is -0.144. The third-order valence-electron chi connectivity index (χ3n) is 3.59. The molecule has 8 heteroatoms. The Morgan fingerprint density at radius 3 is 2.60 bits per heavy atom. The first-order chi connectivity index (χ1) is 11.8. The van der Waals surface area contributed by atoms with Crippen molar-refractivity contribution in [2.75, 3.05) is 11.9 Å². The number of nitrogens with one attached hydrogen (secondary N) is 1. The first-order valence-electron chi connectivity index (χ1n) is 7.64. The molecule has 2 N–H and O–H groups in total. The Morgan fingerprint density at radius 2 is 1.92 bits per heavy atom. The van der Waals surface area contributed by atoms with Crippen molar-refractivity contribution < 1.29 is 18.3 Å². The van der Waals surface area contributed by atoms with Crippen molar-refractivity contribution in [2.45, 2.75) is 25.6 Å². The highest BCUT2D eigenvalue weighted by Gasteiger charge is 2.35. The van der Waals surface area contributed by atoms with Crippen molar-refractivity contribution in [1.29, 1.82) is 0 Å². The summed E-state index contributed by atoms with van der Waals surface area (Å²) in [6, 6.07) is 11.1. The van der Waals surface area contributed by atoms with E-state index in [1.807, 2.05) is 30.3 Å². The van der Waals surface area contributed by atoms with Crippen LogP contribution in [0, 0.1) is 6.92 Å². The van der Waals surface area contributed by atoms with E-state index in [0.29, 0.717) is 11.8 Å². The highest BCUT2D eigenvalue weighted by molar-refractivity contribution is 7.18. The number of aliphatic hydroxyl groups excluding tert-OH is 1. The van der Waals surface area contributed by atoms with Gasteiger partial charge in [-0.1, -0.05) is 30.3 Å². The predicted octanol–water partition coefficient (Wildman–Crippen LogP) is 4.03. The first-order valence-corrected chi connectivity index (χ1v) is 8.46. The molecule has 1 atom stereocenters. The van der Waals surface area contributed by atoms with Gasteiger partial charge in [-0.15, -0.1) is 11.3 Å². The van der Waals surface area contributed by atoms with Crippen LogP contribution in [0.2, 0.25) is 0 Å². The predicted molar refractivity (Wildman–Crippen MR) is 91.8 cm³/mol. The second-order valence-corrected chi connectivity index (χ2v) is 6.93. The van der Waals surface area contributed by atoms with E-state index in [2.05, 4.69) is 15.3 Å². The molecule has 0 aliphatic rings. The fourth-order valence-corrected chi connectivity index (χ4v) is 3.36. The van der Waals surface area contributed by atoms with Gasteiger partial charge >= 0.3 is 6.18 Å². The number of hydrogen-bond donors (Lipinski definition) is 2. The Kier molecular flexibility index (Phi) is 4.91. The molecule has 0 saturated heterocycles. The molecule has 0 bridgehead atoms. The number of thiophene rings is 1. The molecular formula is C17H16F3N3OS. The molecular weight excluding hydrogens is 351 g/mol. The Labute approximate surface area is 146 Å². The fraction of sp³-hybridized carbons (Fsp3) is 0.294. The summed E-state index contributed by atoms with van der Waals surface area (Å²) in [6.45, 7) is 1.89. The summed E-state index contributed by atoms with van der Waals surface area (Å²) in [5, 5.41) is 13.5. The number of aryl methyl sites for hydroxylation is 1. The Morgan fingerprint density at radius 1 is 1.20 bits per heavy atom. The number of hydrogen-bond acceptors (Lipinski definition) is 5. The lowest BCUT2D eigenvalue weighted by Crippen LogP contribution is -2.23. The van der Waals surface area contributed by atoms with Crippen LogP contribution in [0.15, 0.2) is 36.4 Å². The Bertz CT molecular complexity index is 865. The molecule has 0 radical (unpaired) electrons. The zero-order valence-electron chi connectivity index (χ0n) is 13.3. The molecule has 3 rings (SSSR count). The SMILES string of the molecule is Cc1cc2c(NCC(O)Cc3ccccc3)nc(C(F)(F)F)nc2s1. The molecule has 25 heavy (non-hydrogen) atoms. The third kappa shape index (κ3) is 4.26. The maximum Gasteiger partial charge on any atom is 0.451 e. The molecule has 2 aromatic heterocycles. The summed E-state index contributed by atoms with van der Waals surface area (Å²) in [7, 11) is 0. The molecule has 3 aromatic rings. The van der Waals surface area contributed by atoms with Gasteiger partial charge in [-0.05, 0) is 18.6 Å². The highest BCUT2D eigenvalue weighted by atomic mass is 32.1. The molecule has 0 amide bonds. The second-order valence-electron chi connectivity index (χ2n) is 5.69. The molecule has 0 aliphatic heterocycles. The maximum atomic E-state index is 13.0. The van der Waals surface area contributed by atoms with Gasteiger partial charge in [0.2, 0.25) is 5.82 Å². The number of rotatable bonds is 5. The van der Waals surface area contributed by atoms with Crippen LogP contribution >= 0.6 is 11.3 Å². The van der Waals surface area contributed by atoms with Gasteiger partial charge in [0.25, 0.3) is 0 Å². The molecule has 1 unspecified atom stereocenters. The Hall–Kier alpha value is -2.19. The van der Waals surface area contributed by atoms with Gasteiger partial charge in [-0.25, -0.2) is 9.97 Å². The van der Waals surface area contributed by atoms with Crippen molar-refractivity contribution in [3.05, 3.63) is 52.7 Å². The number of anilines is 1. The largest absolute Gasteiger partial charge is 0.451 e. The molecule has 0 aliphatic carbocycles. The van der Waals surface area contributed by atoms with E-state index < -0.39 is 18.1 Å². The van der Waals surface area contributed by atoms with Gasteiger partial charge in [0.05, 0.1) is 11.5 Å². The number of nitrogens with zero attached hydrogens (tertiary/aromatic N) is 2. The number of aromatic nitrogens is 2. The van der Waals surface area contributed by atoms with Gasteiger partial charge in [-0.3, -0.25) is 0 Å². The van der Waals surface area contributed by atoms with Gasteiger partial charge in [0, 0.05) is 17.8 Å². The number of halogens is 3. The molecule has 0 spiro atoms. The van der Waals surface area contributed by atoms with Crippen molar-refractivity contribution in [3.63, 3.8) is 0 Å². The minimum Gasteiger partial charge on any atom is -0.391 e.